The molecule has 1 N–H and O–H groups in total. The van der Waals surface area contributed by atoms with Crippen LogP contribution in [-0.2, 0) is 10.0 Å². The molecule has 0 amide bonds. The molecule has 0 unspecified atom stereocenters. The van der Waals surface area contributed by atoms with Gasteiger partial charge < -0.3 is 5.32 Å². The molecule has 0 bridgehead atoms. The van der Waals surface area contributed by atoms with Gasteiger partial charge in [-0.1, -0.05) is 0 Å². The van der Waals surface area contributed by atoms with Crippen LogP contribution in [0, 0.1) is 11.3 Å². The van der Waals surface area contributed by atoms with E-state index < -0.39 is 10.0 Å². The van der Waals surface area contributed by atoms with Crippen LogP contribution in [0.2, 0.25) is 0 Å². The highest BCUT2D eigenvalue weighted by molar-refractivity contribution is 7.89. The van der Waals surface area contributed by atoms with Crippen LogP contribution in [0.1, 0.15) is 12.5 Å². The summed E-state index contributed by atoms with van der Waals surface area (Å²) in [5.41, 5.74) is 0.0863. The molecule has 0 radical (unpaired) electrons. The molecule has 96 valence electrons. The number of nitriles is 1. The van der Waals surface area contributed by atoms with Crippen LogP contribution in [0.4, 0.5) is 0 Å². The standard InChI is InChI=1S/C11H14N4O2S/c1-9-8-13-5-6-15(9)18(16,17)11-10(7-12)3-2-4-14-11/h2-4,9,13H,5-6,8H2,1H3/t9-/m1/s1. The normalized spacial score (nSPS) is 21.4. The molecule has 6 nitrogen and oxygen atoms in total. The lowest BCUT2D eigenvalue weighted by Crippen LogP contribution is -2.52. The van der Waals surface area contributed by atoms with E-state index in [9.17, 15) is 8.42 Å². The molecule has 1 aliphatic rings. The Balaban J connectivity index is 2.45. The average Bonchev–Trinajstić information content (AvgIpc) is 2.39. The molecule has 2 rings (SSSR count). The van der Waals surface area contributed by atoms with Crippen LogP contribution >= 0.6 is 0 Å². The third kappa shape index (κ3) is 2.22. The van der Waals surface area contributed by atoms with Gasteiger partial charge in [-0.15, -0.1) is 0 Å². The minimum atomic E-state index is -3.69. The van der Waals surface area contributed by atoms with E-state index in [-0.39, 0.29) is 16.6 Å². The van der Waals surface area contributed by atoms with Gasteiger partial charge in [0.05, 0.1) is 5.56 Å². The van der Waals surface area contributed by atoms with Gasteiger partial charge in [0, 0.05) is 31.9 Å². The molecule has 1 saturated heterocycles. The maximum atomic E-state index is 12.5. The number of nitrogens with one attached hydrogen (secondary N) is 1. The molecule has 2 heterocycles. The molecule has 7 heteroatoms. The van der Waals surface area contributed by atoms with E-state index >= 15 is 0 Å². The maximum Gasteiger partial charge on any atom is 0.262 e. The molecule has 1 aromatic rings. The molecule has 0 saturated carbocycles. The fourth-order valence-electron chi connectivity index (χ4n) is 1.97. The summed E-state index contributed by atoms with van der Waals surface area (Å²) in [5.74, 6) is 0. The molecule has 18 heavy (non-hydrogen) atoms. The fraction of sp³-hybridized carbons (Fsp3) is 0.455. The van der Waals surface area contributed by atoms with E-state index in [4.69, 9.17) is 5.26 Å². The molecule has 1 aromatic heterocycles. The number of piperazine rings is 1. The van der Waals surface area contributed by atoms with Gasteiger partial charge in [-0.2, -0.15) is 9.57 Å². The first kappa shape index (κ1) is 13.0. The smallest absolute Gasteiger partial charge is 0.262 e. The predicted molar refractivity (Wildman–Crippen MR) is 65.2 cm³/mol. The quantitative estimate of drug-likeness (QED) is 0.810. The van der Waals surface area contributed by atoms with E-state index in [0.29, 0.717) is 19.6 Å². The average molecular weight is 266 g/mol. The van der Waals surface area contributed by atoms with Crippen LogP contribution < -0.4 is 5.32 Å². The molecule has 0 aliphatic carbocycles. The zero-order chi connectivity index (χ0) is 13.2. The van der Waals surface area contributed by atoms with Crippen molar-refractivity contribution >= 4 is 10.0 Å². The number of hydrogen-bond donors (Lipinski definition) is 1. The van der Waals surface area contributed by atoms with Crippen LogP contribution in [0.5, 0.6) is 0 Å². The summed E-state index contributed by atoms with van der Waals surface area (Å²) >= 11 is 0. The van der Waals surface area contributed by atoms with Gasteiger partial charge >= 0.3 is 0 Å². The molecule has 0 spiro atoms. The number of hydrogen-bond acceptors (Lipinski definition) is 5. The van der Waals surface area contributed by atoms with Gasteiger partial charge in [-0.3, -0.25) is 0 Å². The molecular formula is C11H14N4O2S. The second-order valence-corrected chi connectivity index (χ2v) is 5.94. The summed E-state index contributed by atoms with van der Waals surface area (Å²) in [4.78, 5) is 3.86. The summed E-state index contributed by atoms with van der Waals surface area (Å²) in [6, 6.07) is 4.75. The lowest BCUT2D eigenvalue weighted by molar-refractivity contribution is 0.283. The van der Waals surface area contributed by atoms with Gasteiger partial charge in [0.1, 0.15) is 6.07 Å². The Bertz CT molecular complexity index is 579. The van der Waals surface area contributed by atoms with Gasteiger partial charge in [-0.05, 0) is 19.1 Å². The number of rotatable bonds is 2. The third-order valence-electron chi connectivity index (χ3n) is 2.89. The first-order valence-electron chi connectivity index (χ1n) is 5.65. The topological polar surface area (TPSA) is 86.1 Å². The zero-order valence-corrected chi connectivity index (χ0v) is 10.8. The largest absolute Gasteiger partial charge is 0.314 e. The Labute approximate surface area is 106 Å². The van der Waals surface area contributed by atoms with Crippen molar-refractivity contribution in [3.63, 3.8) is 0 Å². The minimum absolute atomic E-state index is 0.0863. The summed E-state index contributed by atoms with van der Waals surface area (Å²) in [6.07, 6.45) is 1.39. The van der Waals surface area contributed by atoms with Crippen LogP contribution in [-0.4, -0.2) is 43.4 Å². The van der Waals surface area contributed by atoms with Crippen molar-refractivity contribution in [3.05, 3.63) is 23.9 Å². The lowest BCUT2D eigenvalue weighted by Gasteiger charge is -2.32. The monoisotopic (exact) mass is 266 g/mol. The summed E-state index contributed by atoms with van der Waals surface area (Å²) < 4.78 is 26.3. The molecule has 1 aliphatic heterocycles. The van der Waals surface area contributed by atoms with E-state index in [1.165, 1.54) is 16.6 Å². The van der Waals surface area contributed by atoms with Crippen molar-refractivity contribution in [3.8, 4) is 6.07 Å². The molecular weight excluding hydrogens is 252 g/mol. The van der Waals surface area contributed by atoms with Crippen molar-refractivity contribution in [2.24, 2.45) is 0 Å². The Hall–Kier alpha value is -1.49. The Morgan fingerprint density at radius 1 is 1.61 bits per heavy atom. The predicted octanol–water partition coefficient (Wildman–Crippen LogP) is -0.0643. The van der Waals surface area contributed by atoms with Crippen molar-refractivity contribution in [2.45, 2.75) is 18.0 Å². The van der Waals surface area contributed by atoms with E-state index in [0.717, 1.165) is 0 Å². The Kier molecular flexibility index (Phi) is 3.61. The lowest BCUT2D eigenvalue weighted by atomic mass is 10.3. The molecule has 1 atom stereocenters. The number of aromatic nitrogens is 1. The Morgan fingerprint density at radius 2 is 2.39 bits per heavy atom. The number of pyridine rings is 1. The van der Waals surface area contributed by atoms with Gasteiger partial charge in [0.2, 0.25) is 0 Å². The second kappa shape index (κ2) is 5.02. The molecule has 0 aromatic carbocycles. The highest BCUT2D eigenvalue weighted by Gasteiger charge is 2.33. The third-order valence-corrected chi connectivity index (χ3v) is 4.86. The highest BCUT2D eigenvalue weighted by atomic mass is 32.2. The van der Waals surface area contributed by atoms with Crippen molar-refractivity contribution in [1.82, 2.24) is 14.6 Å². The Morgan fingerprint density at radius 3 is 3.06 bits per heavy atom. The van der Waals surface area contributed by atoms with Crippen molar-refractivity contribution in [1.29, 1.82) is 5.26 Å². The summed E-state index contributed by atoms with van der Waals surface area (Å²) in [7, 11) is -3.69. The second-order valence-electron chi connectivity index (χ2n) is 4.14. The summed E-state index contributed by atoms with van der Waals surface area (Å²) in [5, 5.41) is 11.9. The highest BCUT2D eigenvalue weighted by Crippen LogP contribution is 2.20. The minimum Gasteiger partial charge on any atom is -0.314 e. The van der Waals surface area contributed by atoms with Crippen molar-refractivity contribution < 1.29 is 8.42 Å². The number of sulfonamides is 1. The number of nitrogens with zero attached hydrogens (tertiary/aromatic N) is 3. The van der Waals surface area contributed by atoms with Crippen molar-refractivity contribution in [2.75, 3.05) is 19.6 Å². The van der Waals surface area contributed by atoms with E-state index in [2.05, 4.69) is 10.3 Å². The van der Waals surface area contributed by atoms with Gasteiger partial charge in [0.15, 0.2) is 5.03 Å². The summed E-state index contributed by atoms with van der Waals surface area (Å²) in [6.45, 7) is 3.44. The maximum absolute atomic E-state index is 12.5. The van der Waals surface area contributed by atoms with Crippen LogP contribution in [0.25, 0.3) is 0 Å². The van der Waals surface area contributed by atoms with E-state index in [1.807, 2.05) is 13.0 Å². The first-order valence-corrected chi connectivity index (χ1v) is 7.09. The molecule has 1 fully saturated rings. The van der Waals surface area contributed by atoms with E-state index in [1.54, 1.807) is 6.07 Å². The van der Waals surface area contributed by atoms with Gasteiger partial charge in [-0.25, -0.2) is 13.4 Å². The van der Waals surface area contributed by atoms with Crippen LogP contribution in [0.3, 0.4) is 0 Å². The van der Waals surface area contributed by atoms with Crippen LogP contribution in [0.15, 0.2) is 23.4 Å². The van der Waals surface area contributed by atoms with Gasteiger partial charge in [0.25, 0.3) is 10.0 Å². The zero-order valence-electron chi connectivity index (χ0n) is 10.00. The fourth-order valence-corrected chi connectivity index (χ4v) is 3.66. The first-order chi connectivity index (χ1) is 8.57. The SMILES string of the molecule is C[C@@H]1CNCCN1S(=O)(=O)c1ncccc1C#N.